The van der Waals surface area contributed by atoms with Gasteiger partial charge in [0.25, 0.3) is 0 Å². The van der Waals surface area contributed by atoms with Crippen LogP contribution in [0.1, 0.15) is 93.5 Å². The topological polar surface area (TPSA) is 43.4 Å². The molecule has 520 valence electrons. The summed E-state index contributed by atoms with van der Waals surface area (Å²) in [6.07, 6.45) is 1.96. The highest BCUT2D eigenvalue weighted by molar-refractivity contribution is 5.99. The second kappa shape index (κ2) is 25.1. The van der Waals surface area contributed by atoms with Crippen LogP contribution in [0.3, 0.4) is 0 Å². The molecule has 2 unspecified atom stereocenters. The number of para-hydroxylation sites is 2. The summed E-state index contributed by atoms with van der Waals surface area (Å²) in [6.45, 7) is 8.38. The van der Waals surface area contributed by atoms with Crippen molar-refractivity contribution in [3.63, 3.8) is 0 Å². The molecule has 0 saturated carbocycles. The highest BCUT2D eigenvalue weighted by Crippen LogP contribution is 2.66. The van der Waals surface area contributed by atoms with Gasteiger partial charge in [0.1, 0.15) is 23.1 Å². The van der Waals surface area contributed by atoms with Gasteiger partial charge in [-0.2, -0.15) is 0 Å². The molecule has 4 aliphatic carbocycles. The Morgan fingerprint density at radius 3 is 0.822 bits per heavy atom. The Bertz CT molecular complexity index is 5430. The SMILES string of the molecule is CCC1(COc2ccc(C3(c4ccc(F)cc4)c4ccccc4-c4ccc(N(c5ccccc5)c5ccc6c(c5)C5(c7ccccc7-6)c6ccccc6-c6ccc(N(c7ccccc7)c7ccc8c(c7)C(c7ccc(F)cc7)(c7ccc(OCC9(CC)COC9)cc7)c7ccccc7-8)cc65)cc43)cc2)COC1. The Kier molecular flexibility index (Phi) is 15.2. The van der Waals surface area contributed by atoms with Crippen LogP contribution in [-0.2, 0) is 25.7 Å². The van der Waals surface area contributed by atoms with Gasteiger partial charge >= 0.3 is 0 Å². The molecule has 2 saturated heterocycles. The van der Waals surface area contributed by atoms with Gasteiger partial charge in [-0.3, -0.25) is 0 Å². The molecule has 20 rings (SSSR count). The molecule has 14 aromatic carbocycles. The predicted octanol–water partition coefficient (Wildman–Crippen LogP) is 23.6. The van der Waals surface area contributed by atoms with Gasteiger partial charge in [-0.1, -0.05) is 220 Å². The van der Waals surface area contributed by atoms with Crippen molar-refractivity contribution in [2.45, 2.75) is 42.9 Å². The maximum Gasteiger partial charge on any atom is 0.123 e. The van der Waals surface area contributed by atoms with E-state index in [4.69, 9.17) is 18.9 Å². The molecule has 2 atom stereocenters. The molecule has 0 N–H and O–H groups in total. The van der Waals surface area contributed by atoms with Crippen LogP contribution in [0.5, 0.6) is 11.5 Å². The van der Waals surface area contributed by atoms with E-state index in [-0.39, 0.29) is 22.5 Å². The molecule has 0 bridgehead atoms. The van der Waals surface area contributed by atoms with E-state index in [1.54, 1.807) is 24.3 Å². The first kappa shape index (κ1) is 64.6. The first-order chi connectivity index (χ1) is 52.6. The number of fused-ring (bicyclic) bond motifs is 16. The van der Waals surface area contributed by atoms with Crippen molar-refractivity contribution in [3.8, 4) is 56.0 Å². The summed E-state index contributed by atoms with van der Waals surface area (Å²) in [4.78, 5) is 4.84. The third-order valence-corrected chi connectivity index (χ3v) is 24.5. The molecular formula is C99H76F2N2O4. The van der Waals surface area contributed by atoms with Gasteiger partial charge in [0, 0.05) is 34.1 Å². The van der Waals surface area contributed by atoms with Crippen LogP contribution in [0.25, 0.3) is 44.5 Å². The fraction of sp³-hybridized carbons (Fsp3) is 0.152. The number of benzene rings is 14. The van der Waals surface area contributed by atoms with E-state index in [2.05, 4.69) is 303 Å². The number of anilines is 6. The minimum Gasteiger partial charge on any atom is -0.493 e. The van der Waals surface area contributed by atoms with E-state index in [0.29, 0.717) is 39.6 Å². The van der Waals surface area contributed by atoms with Crippen molar-refractivity contribution in [2.75, 3.05) is 49.4 Å². The smallest absolute Gasteiger partial charge is 0.123 e. The lowest BCUT2D eigenvalue weighted by Gasteiger charge is -2.40. The van der Waals surface area contributed by atoms with Gasteiger partial charge in [0.15, 0.2) is 0 Å². The molecular weight excluding hydrogens is 1320 g/mol. The molecule has 8 heteroatoms. The summed E-state index contributed by atoms with van der Waals surface area (Å²) in [7, 11) is 0. The van der Waals surface area contributed by atoms with Gasteiger partial charge in [-0.25, -0.2) is 8.78 Å². The zero-order valence-corrected chi connectivity index (χ0v) is 59.6. The summed E-state index contributed by atoms with van der Waals surface area (Å²) in [5.74, 6) is 1.02. The lowest BCUT2D eigenvalue weighted by molar-refractivity contribution is -0.133. The number of hydrogen-bond donors (Lipinski definition) is 0. The van der Waals surface area contributed by atoms with Crippen LogP contribution in [0.4, 0.5) is 42.9 Å². The molecule has 6 nitrogen and oxygen atoms in total. The van der Waals surface area contributed by atoms with Crippen LogP contribution in [0, 0.1) is 22.5 Å². The van der Waals surface area contributed by atoms with Crippen molar-refractivity contribution < 1.29 is 27.7 Å². The van der Waals surface area contributed by atoms with Crippen LogP contribution < -0.4 is 19.3 Å². The van der Waals surface area contributed by atoms with E-state index >= 15 is 8.78 Å². The van der Waals surface area contributed by atoms with Gasteiger partial charge in [-0.05, 0) is 245 Å². The fourth-order valence-corrected chi connectivity index (χ4v) is 18.9. The molecule has 2 heterocycles. The average molecular weight is 1400 g/mol. The minimum atomic E-state index is -0.850. The molecule has 107 heavy (non-hydrogen) atoms. The molecule has 2 fully saturated rings. The second-order valence-electron chi connectivity index (χ2n) is 30.0. The summed E-state index contributed by atoms with van der Waals surface area (Å²) in [5, 5.41) is 0. The Labute approximate surface area is 623 Å². The summed E-state index contributed by atoms with van der Waals surface area (Å²) >= 11 is 0. The molecule has 2 aliphatic heterocycles. The van der Waals surface area contributed by atoms with Gasteiger partial charge in [-0.15, -0.1) is 0 Å². The van der Waals surface area contributed by atoms with Gasteiger partial charge in [0.2, 0.25) is 0 Å². The maximum absolute atomic E-state index is 15.4. The highest BCUT2D eigenvalue weighted by Gasteiger charge is 2.54. The number of halogens is 2. The van der Waals surface area contributed by atoms with Crippen molar-refractivity contribution in [1.82, 2.24) is 0 Å². The zero-order valence-electron chi connectivity index (χ0n) is 59.6. The summed E-state index contributed by atoms with van der Waals surface area (Å²) < 4.78 is 55.3. The Morgan fingerprint density at radius 2 is 0.533 bits per heavy atom. The van der Waals surface area contributed by atoms with E-state index in [0.717, 1.165) is 125 Å². The molecule has 14 aromatic rings. The van der Waals surface area contributed by atoms with E-state index < -0.39 is 16.2 Å². The summed E-state index contributed by atoms with van der Waals surface area (Å²) in [6, 6.07) is 117. The van der Waals surface area contributed by atoms with E-state index in [9.17, 15) is 0 Å². The van der Waals surface area contributed by atoms with E-state index in [1.807, 2.05) is 24.3 Å². The summed E-state index contributed by atoms with van der Waals surface area (Å²) in [5.41, 5.74) is 26.1. The quantitative estimate of drug-likeness (QED) is 0.0853. The van der Waals surface area contributed by atoms with Crippen LogP contribution >= 0.6 is 0 Å². The molecule has 6 aliphatic rings. The third-order valence-electron chi connectivity index (χ3n) is 24.5. The monoisotopic (exact) mass is 1390 g/mol. The Balaban J connectivity index is 0.753. The standard InChI is InChI=1S/C99H76F2N2O4/c1-3-95(59-104-60-95)63-106-77-47-35-67(36-48-77)97(65-31-39-69(100)40-32-65)87-27-15-11-23-79(87)83-51-43-73(55-91(83)97)102(71-19-7-5-8-20-71)75-45-53-85-81-25-13-17-29-89(81)99(93(85)57-75)90-30-18-14-26-82(90)86-54-46-76(58-94(86)99)103(72-21-9-6-10-22-72)74-44-52-84-80-24-12-16-28-88(80)98(92(84)56-74,66-33-41-70(101)42-34-66)68-37-49-78(50-38-68)107-64-96(4-2)61-105-62-96/h5-58H,3-4,59-64H2,1-2H3. The Morgan fingerprint density at radius 1 is 0.271 bits per heavy atom. The van der Waals surface area contributed by atoms with Crippen LogP contribution in [0.15, 0.2) is 328 Å². The largest absolute Gasteiger partial charge is 0.493 e. The second-order valence-corrected chi connectivity index (χ2v) is 30.0. The molecule has 1 spiro atoms. The zero-order chi connectivity index (χ0) is 71.6. The van der Waals surface area contributed by atoms with Gasteiger partial charge in [0.05, 0.1) is 66.7 Å². The van der Waals surface area contributed by atoms with Crippen LogP contribution in [0.2, 0.25) is 0 Å². The number of hydrogen-bond acceptors (Lipinski definition) is 6. The van der Waals surface area contributed by atoms with Crippen molar-refractivity contribution in [3.05, 3.63) is 406 Å². The first-order valence-corrected chi connectivity index (χ1v) is 37.5. The first-order valence-electron chi connectivity index (χ1n) is 37.5. The lowest BCUT2D eigenvalue weighted by atomic mass is 9.67. The number of rotatable bonds is 18. The van der Waals surface area contributed by atoms with Crippen molar-refractivity contribution in [1.29, 1.82) is 0 Å². The lowest BCUT2D eigenvalue weighted by Crippen LogP contribution is -2.46. The van der Waals surface area contributed by atoms with Crippen molar-refractivity contribution in [2.24, 2.45) is 10.8 Å². The van der Waals surface area contributed by atoms with Crippen LogP contribution in [-0.4, -0.2) is 39.6 Å². The minimum absolute atomic E-state index is 0.0162. The van der Waals surface area contributed by atoms with Crippen molar-refractivity contribution >= 4 is 34.1 Å². The fourth-order valence-electron chi connectivity index (χ4n) is 18.9. The molecule has 0 amide bonds. The van der Waals surface area contributed by atoms with Gasteiger partial charge < -0.3 is 28.7 Å². The molecule has 0 aromatic heterocycles. The third kappa shape index (κ3) is 9.74. The normalized spacial score (nSPS) is 18.7. The average Bonchev–Trinajstić information content (AvgIpc) is 1.51. The number of ether oxygens (including phenoxy) is 4. The maximum atomic E-state index is 15.4. The highest BCUT2D eigenvalue weighted by atomic mass is 19.1. The molecule has 0 radical (unpaired) electrons. The Hall–Kier alpha value is -11.9. The predicted molar refractivity (Wildman–Crippen MR) is 425 cm³/mol. The van der Waals surface area contributed by atoms with E-state index in [1.165, 1.54) is 44.5 Å². The number of nitrogens with zero attached hydrogens (tertiary/aromatic N) is 2.